The van der Waals surface area contributed by atoms with Gasteiger partial charge in [0.15, 0.2) is 0 Å². The summed E-state index contributed by atoms with van der Waals surface area (Å²) < 4.78 is 0. The third-order valence-corrected chi connectivity index (χ3v) is 7.52. The predicted molar refractivity (Wildman–Crippen MR) is 138 cm³/mol. The van der Waals surface area contributed by atoms with Crippen molar-refractivity contribution in [2.75, 3.05) is 0 Å². The molecule has 0 saturated heterocycles. The smallest absolute Gasteiger partial charge is 0.0459 e. The highest BCUT2D eigenvalue weighted by Gasteiger charge is 2.30. The van der Waals surface area contributed by atoms with Gasteiger partial charge in [-0.1, -0.05) is 109 Å². The van der Waals surface area contributed by atoms with Crippen LogP contribution < -0.4 is 0 Å². The number of fused-ring (bicyclic) bond motifs is 1. The number of aromatic nitrogens is 1. The third-order valence-electron chi connectivity index (χ3n) is 6.12. The fourth-order valence-corrected chi connectivity index (χ4v) is 6.04. The zero-order chi connectivity index (χ0) is 21.8. The molecule has 0 aliphatic carbocycles. The molecule has 0 saturated carbocycles. The monoisotopic (exact) mass is 433 g/mol. The minimum absolute atomic E-state index is 0.239. The van der Waals surface area contributed by atoms with E-state index in [0.29, 0.717) is 0 Å². The lowest BCUT2D eigenvalue weighted by molar-refractivity contribution is 0.784. The highest BCUT2D eigenvalue weighted by Crippen LogP contribution is 2.49. The van der Waals surface area contributed by atoms with Crippen LogP contribution in [0.1, 0.15) is 39.1 Å². The number of rotatable bonds is 7. The highest BCUT2D eigenvalue weighted by atomic mass is 32.2. The van der Waals surface area contributed by atoms with Gasteiger partial charge in [-0.3, -0.25) is 0 Å². The van der Waals surface area contributed by atoms with Crippen molar-refractivity contribution in [3.8, 4) is 0 Å². The lowest BCUT2D eigenvalue weighted by atomic mass is 9.84. The Morgan fingerprint density at radius 1 is 0.656 bits per heavy atom. The fourth-order valence-electron chi connectivity index (χ4n) is 4.64. The van der Waals surface area contributed by atoms with Crippen molar-refractivity contribution < 1.29 is 0 Å². The van der Waals surface area contributed by atoms with Crippen LogP contribution in [0.25, 0.3) is 10.9 Å². The Balaban J connectivity index is 1.66. The van der Waals surface area contributed by atoms with E-state index < -0.39 is 0 Å². The lowest BCUT2D eigenvalue weighted by Gasteiger charge is -2.29. The van der Waals surface area contributed by atoms with E-state index in [0.717, 1.165) is 5.75 Å². The van der Waals surface area contributed by atoms with Crippen LogP contribution in [0.2, 0.25) is 0 Å². The number of para-hydroxylation sites is 1. The number of benzene rings is 4. The van der Waals surface area contributed by atoms with Gasteiger partial charge in [0.1, 0.15) is 0 Å². The molecular formula is C30H27NS. The molecule has 1 N–H and O–H groups in total. The molecule has 0 unspecified atom stereocenters. The Bertz CT molecular complexity index is 1280. The molecule has 2 atom stereocenters. The van der Waals surface area contributed by atoms with Gasteiger partial charge in [-0.25, -0.2) is 0 Å². The van der Waals surface area contributed by atoms with Crippen molar-refractivity contribution >= 4 is 22.7 Å². The zero-order valence-corrected chi connectivity index (χ0v) is 19.1. The van der Waals surface area contributed by atoms with Gasteiger partial charge in [0.25, 0.3) is 0 Å². The van der Waals surface area contributed by atoms with Gasteiger partial charge in [0, 0.05) is 33.5 Å². The van der Waals surface area contributed by atoms with Crippen molar-refractivity contribution in [3.63, 3.8) is 0 Å². The molecule has 0 spiro atoms. The molecule has 0 fully saturated rings. The molecule has 158 valence electrons. The molecule has 1 nitrogen and oxygen atoms in total. The summed E-state index contributed by atoms with van der Waals surface area (Å²) in [6.45, 7) is 2.22. The van der Waals surface area contributed by atoms with Gasteiger partial charge in [0.05, 0.1) is 0 Å². The molecule has 1 aromatic heterocycles. The topological polar surface area (TPSA) is 15.8 Å². The highest BCUT2D eigenvalue weighted by molar-refractivity contribution is 7.98. The Kier molecular flexibility index (Phi) is 6.13. The second-order valence-electron chi connectivity index (χ2n) is 8.23. The molecule has 0 bridgehead atoms. The van der Waals surface area contributed by atoms with Gasteiger partial charge in [0.2, 0.25) is 0 Å². The van der Waals surface area contributed by atoms with Crippen LogP contribution in [-0.2, 0) is 5.75 Å². The lowest BCUT2D eigenvalue weighted by Crippen LogP contribution is -2.12. The zero-order valence-electron chi connectivity index (χ0n) is 18.2. The van der Waals surface area contributed by atoms with Gasteiger partial charge < -0.3 is 4.98 Å². The van der Waals surface area contributed by atoms with Crippen LogP contribution in [-0.4, -0.2) is 4.98 Å². The van der Waals surface area contributed by atoms with Crippen LogP contribution in [0.3, 0.4) is 0 Å². The van der Waals surface area contributed by atoms with Crippen LogP contribution in [0.5, 0.6) is 0 Å². The van der Waals surface area contributed by atoms with Crippen molar-refractivity contribution in [3.05, 3.63) is 143 Å². The predicted octanol–water partition coefficient (Wildman–Crippen LogP) is 8.28. The Morgan fingerprint density at radius 2 is 1.22 bits per heavy atom. The van der Waals surface area contributed by atoms with Crippen LogP contribution in [0.4, 0.5) is 0 Å². The second kappa shape index (κ2) is 9.50. The standard InChI is InChI=1S/C30H27NS/c1-22-28(26-19-11-12-20-27(26)31-22)29(24-15-7-3-8-16-24)30(25-17-9-4-10-18-25)32-21-23-13-5-2-6-14-23/h2-20,29-31H,21H2,1H3/t29-,30+/m1/s1. The van der Waals surface area contributed by atoms with Crippen molar-refractivity contribution in [2.24, 2.45) is 0 Å². The first-order valence-corrected chi connectivity index (χ1v) is 12.2. The van der Waals surface area contributed by atoms with E-state index in [1.807, 2.05) is 11.8 Å². The normalized spacial score (nSPS) is 13.2. The minimum Gasteiger partial charge on any atom is -0.358 e. The number of aromatic amines is 1. The van der Waals surface area contributed by atoms with E-state index in [4.69, 9.17) is 0 Å². The molecule has 2 heteroatoms. The van der Waals surface area contributed by atoms with E-state index in [9.17, 15) is 0 Å². The van der Waals surface area contributed by atoms with Gasteiger partial charge in [-0.15, -0.1) is 11.8 Å². The summed E-state index contributed by atoms with van der Waals surface area (Å²) in [5.41, 5.74) is 7.95. The number of nitrogens with one attached hydrogen (secondary N) is 1. The van der Waals surface area contributed by atoms with Gasteiger partial charge >= 0.3 is 0 Å². The van der Waals surface area contributed by atoms with E-state index in [1.165, 1.54) is 38.9 Å². The van der Waals surface area contributed by atoms with Crippen molar-refractivity contribution in [1.29, 1.82) is 0 Å². The van der Waals surface area contributed by atoms with E-state index in [-0.39, 0.29) is 11.2 Å². The van der Waals surface area contributed by atoms with Crippen molar-refractivity contribution in [2.45, 2.75) is 23.8 Å². The Hall–Kier alpha value is -3.23. The first-order valence-electron chi connectivity index (χ1n) is 11.1. The fraction of sp³-hybridized carbons (Fsp3) is 0.133. The summed E-state index contributed by atoms with van der Waals surface area (Å²) in [5, 5.41) is 1.61. The van der Waals surface area contributed by atoms with E-state index in [1.54, 1.807) is 0 Å². The molecule has 32 heavy (non-hydrogen) atoms. The van der Waals surface area contributed by atoms with Gasteiger partial charge in [-0.05, 0) is 35.2 Å². The number of aryl methyl sites for hydroxylation is 1. The van der Waals surface area contributed by atoms with Gasteiger partial charge in [-0.2, -0.15) is 0 Å². The van der Waals surface area contributed by atoms with Crippen LogP contribution in [0.15, 0.2) is 115 Å². The second-order valence-corrected chi connectivity index (χ2v) is 9.36. The first-order chi connectivity index (χ1) is 15.8. The average molecular weight is 434 g/mol. The largest absolute Gasteiger partial charge is 0.358 e. The maximum Gasteiger partial charge on any atom is 0.0459 e. The quantitative estimate of drug-likeness (QED) is 0.273. The van der Waals surface area contributed by atoms with Crippen LogP contribution in [0, 0.1) is 6.92 Å². The molecule has 0 aliphatic heterocycles. The van der Waals surface area contributed by atoms with E-state index >= 15 is 0 Å². The van der Waals surface area contributed by atoms with Crippen LogP contribution >= 0.6 is 11.8 Å². The SMILES string of the molecule is Cc1[nH]c2ccccc2c1[C@@H](c1ccccc1)[C@@H](SCc1ccccc1)c1ccccc1. The number of H-pyrrole nitrogens is 1. The summed E-state index contributed by atoms with van der Waals surface area (Å²) in [5.74, 6) is 1.22. The first kappa shape index (κ1) is 20.7. The third kappa shape index (κ3) is 4.24. The summed E-state index contributed by atoms with van der Waals surface area (Å²) in [7, 11) is 0. The summed E-state index contributed by atoms with van der Waals surface area (Å²) in [6.07, 6.45) is 0. The molecule has 0 aliphatic rings. The minimum atomic E-state index is 0.239. The molecule has 5 aromatic rings. The maximum absolute atomic E-state index is 3.65. The number of thioether (sulfide) groups is 1. The summed E-state index contributed by atoms with van der Waals surface area (Å²) >= 11 is 2.03. The maximum atomic E-state index is 3.65. The summed E-state index contributed by atoms with van der Waals surface area (Å²) in [4.78, 5) is 3.65. The Labute approximate surface area is 194 Å². The molecule has 1 heterocycles. The summed E-state index contributed by atoms with van der Waals surface area (Å²) in [6, 6.07) is 41.5. The number of hydrogen-bond donors (Lipinski definition) is 1. The van der Waals surface area contributed by atoms with E-state index in [2.05, 4.69) is 127 Å². The van der Waals surface area contributed by atoms with Crippen molar-refractivity contribution in [1.82, 2.24) is 4.98 Å². The average Bonchev–Trinajstić information content (AvgIpc) is 3.19. The Morgan fingerprint density at radius 3 is 1.91 bits per heavy atom. The molecule has 5 rings (SSSR count). The molecular weight excluding hydrogens is 406 g/mol. The molecule has 0 radical (unpaired) electrons. The molecule has 4 aromatic carbocycles. The molecule has 0 amide bonds. The number of hydrogen-bond acceptors (Lipinski definition) is 1.